The first kappa shape index (κ1) is 24.3. The molecule has 9 nitrogen and oxygen atoms in total. The van der Waals surface area contributed by atoms with Crippen LogP contribution in [0.1, 0.15) is 46.0 Å². The van der Waals surface area contributed by atoms with E-state index < -0.39 is 10.0 Å². The van der Waals surface area contributed by atoms with Crippen LogP contribution < -0.4 is 19.5 Å². The summed E-state index contributed by atoms with van der Waals surface area (Å²) in [6.45, 7) is 6.30. The zero-order valence-electron chi connectivity index (χ0n) is 18.8. The molecule has 0 radical (unpaired) electrons. The first-order valence-corrected chi connectivity index (χ1v) is 12.7. The van der Waals surface area contributed by atoms with Crippen molar-refractivity contribution in [3.05, 3.63) is 18.2 Å². The highest BCUT2D eigenvalue weighted by atomic mass is 32.2. The molecule has 0 spiro atoms. The summed E-state index contributed by atoms with van der Waals surface area (Å²) in [7, 11) is -3.77. The summed E-state index contributed by atoms with van der Waals surface area (Å²) >= 11 is 0. The zero-order valence-corrected chi connectivity index (χ0v) is 19.6. The van der Waals surface area contributed by atoms with Crippen LogP contribution in [0.2, 0.25) is 0 Å². The van der Waals surface area contributed by atoms with E-state index >= 15 is 0 Å². The number of fused-ring (bicyclic) bond motifs is 1. The molecule has 1 aromatic carbocycles. The first-order valence-electron chi connectivity index (χ1n) is 11.2. The number of benzene rings is 1. The van der Waals surface area contributed by atoms with E-state index in [1.807, 2.05) is 18.7 Å². The third-order valence-corrected chi connectivity index (χ3v) is 6.93. The van der Waals surface area contributed by atoms with Gasteiger partial charge in [0.2, 0.25) is 21.8 Å². The molecule has 3 rings (SSSR count). The first-order chi connectivity index (χ1) is 15.2. The van der Waals surface area contributed by atoms with Crippen LogP contribution in [0, 0.1) is 5.92 Å². The van der Waals surface area contributed by atoms with Crippen molar-refractivity contribution in [1.29, 1.82) is 0 Å². The Balaban J connectivity index is 1.42. The van der Waals surface area contributed by atoms with E-state index in [0.29, 0.717) is 63.0 Å². The van der Waals surface area contributed by atoms with Crippen molar-refractivity contribution in [1.82, 2.24) is 14.9 Å². The Kier molecular flexibility index (Phi) is 8.36. The van der Waals surface area contributed by atoms with Crippen molar-refractivity contribution in [2.45, 2.75) is 56.9 Å². The van der Waals surface area contributed by atoms with Gasteiger partial charge >= 0.3 is 0 Å². The Hall–Kier alpha value is -2.33. The van der Waals surface area contributed by atoms with Gasteiger partial charge in [-0.25, -0.2) is 13.1 Å². The van der Waals surface area contributed by atoms with Crippen LogP contribution >= 0.6 is 0 Å². The predicted octanol–water partition coefficient (Wildman–Crippen LogP) is 1.67. The number of piperidine rings is 1. The smallest absolute Gasteiger partial charge is 0.240 e. The number of amides is 2. The van der Waals surface area contributed by atoms with Gasteiger partial charge in [-0.1, -0.05) is 13.8 Å². The Morgan fingerprint density at radius 1 is 1.12 bits per heavy atom. The van der Waals surface area contributed by atoms with E-state index in [1.165, 1.54) is 12.1 Å². The van der Waals surface area contributed by atoms with Crippen LogP contribution in [-0.2, 0) is 19.6 Å². The maximum Gasteiger partial charge on any atom is 0.240 e. The Bertz CT molecular complexity index is 910. The van der Waals surface area contributed by atoms with Gasteiger partial charge in [0.15, 0.2) is 11.5 Å². The molecule has 2 aliphatic rings. The van der Waals surface area contributed by atoms with Crippen molar-refractivity contribution in [2.24, 2.45) is 5.92 Å². The van der Waals surface area contributed by atoms with Gasteiger partial charge in [0, 0.05) is 51.0 Å². The standard InChI is InChI=1S/C22H33N3O6S/c1-16(2)14-22(27)25-10-7-17(8-11-25)24-21(26)6-9-23-32(28,29)18-4-5-19-20(15-18)31-13-3-12-30-19/h4-5,15-17,23H,3,6-14H2,1-2H3,(H,24,26). The van der Waals surface area contributed by atoms with Gasteiger partial charge in [-0.15, -0.1) is 0 Å². The summed E-state index contributed by atoms with van der Waals surface area (Å²) in [4.78, 5) is 26.3. The fourth-order valence-corrected chi connectivity index (χ4v) is 4.79. The molecule has 0 saturated carbocycles. The molecule has 1 fully saturated rings. The molecule has 10 heteroatoms. The summed E-state index contributed by atoms with van der Waals surface area (Å²) in [6, 6.07) is 4.49. The number of hydrogen-bond acceptors (Lipinski definition) is 6. The van der Waals surface area contributed by atoms with Crippen molar-refractivity contribution in [3.8, 4) is 11.5 Å². The number of sulfonamides is 1. The number of ether oxygens (including phenoxy) is 2. The molecule has 0 atom stereocenters. The maximum atomic E-state index is 12.6. The van der Waals surface area contributed by atoms with E-state index in [9.17, 15) is 18.0 Å². The minimum absolute atomic E-state index is 0.00365. The third-order valence-electron chi connectivity index (χ3n) is 5.47. The molecule has 178 valence electrons. The summed E-state index contributed by atoms with van der Waals surface area (Å²) in [5.74, 6) is 1.21. The van der Waals surface area contributed by atoms with E-state index in [1.54, 1.807) is 6.07 Å². The molecule has 0 aromatic heterocycles. The second-order valence-electron chi connectivity index (χ2n) is 8.63. The van der Waals surface area contributed by atoms with Gasteiger partial charge in [0.1, 0.15) is 0 Å². The molecule has 1 aromatic rings. The van der Waals surface area contributed by atoms with Crippen LogP contribution in [0.4, 0.5) is 0 Å². The maximum absolute atomic E-state index is 12.6. The topological polar surface area (TPSA) is 114 Å². The molecule has 2 heterocycles. The van der Waals surface area contributed by atoms with Gasteiger partial charge in [-0.05, 0) is 30.9 Å². The quantitative estimate of drug-likeness (QED) is 0.601. The fourth-order valence-electron chi connectivity index (χ4n) is 3.74. The van der Waals surface area contributed by atoms with Crippen molar-refractivity contribution in [2.75, 3.05) is 32.8 Å². The molecule has 32 heavy (non-hydrogen) atoms. The van der Waals surface area contributed by atoms with Crippen molar-refractivity contribution < 1.29 is 27.5 Å². The van der Waals surface area contributed by atoms with Crippen LogP contribution in [0.25, 0.3) is 0 Å². The Morgan fingerprint density at radius 2 is 1.81 bits per heavy atom. The number of hydrogen-bond donors (Lipinski definition) is 2. The predicted molar refractivity (Wildman–Crippen MR) is 119 cm³/mol. The molecule has 1 saturated heterocycles. The van der Waals surface area contributed by atoms with Gasteiger partial charge < -0.3 is 19.7 Å². The van der Waals surface area contributed by atoms with Gasteiger partial charge in [0.25, 0.3) is 0 Å². The van der Waals surface area contributed by atoms with Crippen LogP contribution in [-0.4, -0.2) is 64.0 Å². The van der Waals surface area contributed by atoms with Gasteiger partial charge in [0.05, 0.1) is 18.1 Å². The van der Waals surface area contributed by atoms with Crippen molar-refractivity contribution >= 4 is 21.8 Å². The molecule has 2 amide bonds. The van der Waals surface area contributed by atoms with Crippen LogP contribution in [0.5, 0.6) is 11.5 Å². The number of carbonyl (C=O) groups excluding carboxylic acids is 2. The average Bonchev–Trinajstić information content (AvgIpc) is 2.98. The normalized spacial score (nSPS) is 17.2. The second kappa shape index (κ2) is 11.0. The number of carbonyl (C=O) groups is 2. The largest absolute Gasteiger partial charge is 0.490 e. The van der Waals surface area contributed by atoms with Crippen molar-refractivity contribution in [3.63, 3.8) is 0 Å². The van der Waals surface area contributed by atoms with E-state index in [2.05, 4.69) is 10.0 Å². The molecule has 0 aliphatic carbocycles. The summed E-state index contributed by atoms with van der Waals surface area (Å²) in [5, 5.41) is 2.94. The molecular weight excluding hydrogens is 434 g/mol. The minimum atomic E-state index is -3.77. The second-order valence-corrected chi connectivity index (χ2v) is 10.4. The van der Waals surface area contributed by atoms with E-state index in [-0.39, 0.29) is 35.7 Å². The number of nitrogens with one attached hydrogen (secondary N) is 2. The highest BCUT2D eigenvalue weighted by Crippen LogP contribution is 2.31. The lowest BCUT2D eigenvalue weighted by molar-refractivity contribution is -0.133. The minimum Gasteiger partial charge on any atom is -0.490 e. The molecular formula is C22H33N3O6S. The van der Waals surface area contributed by atoms with E-state index in [4.69, 9.17) is 9.47 Å². The number of nitrogens with zero attached hydrogens (tertiary/aromatic N) is 1. The van der Waals surface area contributed by atoms with Gasteiger partial charge in [-0.2, -0.15) is 0 Å². The summed E-state index contributed by atoms with van der Waals surface area (Å²) in [6.07, 6.45) is 2.73. The lowest BCUT2D eigenvalue weighted by Crippen LogP contribution is -2.47. The summed E-state index contributed by atoms with van der Waals surface area (Å²) in [5.41, 5.74) is 0. The monoisotopic (exact) mass is 467 g/mol. The number of rotatable bonds is 8. The Morgan fingerprint density at radius 3 is 2.50 bits per heavy atom. The number of likely N-dealkylation sites (tertiary alicyclic amines) is 1. The fraction of sp³-hybridized carbons (Fsp3) is 0.636. The Labute approximate surface area is 189 Å². The highest BCUT2D eigenvalue weighted by Gasteiger charge is 2.24. The van der Waals surface area contributed by atoms with Gasteiger partial charge in [-0.3, -0.25) is 9.59 Å². The molecule has 2 aliphatic heterocycles. The van der Waals surface area contributed by atoms with E-state index in [0.717, 1.165) is 6.42 Å². The lowest BCUT2D eigenvalue weighted by Gasteiger charge is -2.32. The third kappa shape index (κ3) is 6.83. The zero-order chi connectivity index (χ0) is 23.1. The average molecular weight is 468 g/mol. The molecule has 0 bridgehead atoms. The highest BCUT2D eigenvalue weighted by molar-refractivity contribution is 7.89. The molecule has 0 unspecified atom stereocenters. The lowest BCUT2D eigenvalue weighted by atomic mass is 10.0. The molecule has 2 N–H and O–H groups in total. The van der Waals surface area contributed by atoms with Crippen LogP contribution in [0.3, 0.4) is 0 Å². The summed E-state index contributed by atoms with van der Waals surface area (Å²) < 4.78 is 38.7. The van der Waals surface area contributed by atoms with Crippen LogP contribution in [0.15, 0.2) is 23.1 Å². The SMILES string of the molecule is CC(C)CC(=O)N1CCC(NC(=O)CCNS(=O)(=O)c2ccc3c(c2)OCCCO3)CC1.